The highest BCUT2D eigenvalue weighted by Gasteiger charge is 2.33. The summed E-state index contributed by atoms with van der Waals surface area (Å²) in [4.78, 5) is 25.3. The van der Waals surface area contributed by atoms with Crippen molar-refractivity contribution in [2.45, 2.75) is 26.7 Å². The SMILES string of the molecule is CCCCOCCOc1ccc2c3c(cccc13)C(=O)N(NCC)C2=O. The summed E-state index contributed by atoms with van der Waals surface area (Å²) in [6.07, 6.45) is 2.13. The Morgan fingerprint density at radius 2 is 1.73 bits per heavy atom. The Morgan fingerprint density at radius 1 is 0.962 bits per heavy atom. The number of unbranched alkanes of at least 4 members (excludes halogenated alkanes) is 1. The summed E-state index contributed by atoms with van der Waals surface area (Å²) in [5.74, 6) is -0.0211. The van der Waals surface area contributed by atoms with Gasteiger partial charge in [0.2, 0.25) is 0 Å². The lowest BCUT2D eigenvalue weighted by Gasteiger charge is -2.27. The maximum atomic E-state index is 12.7. The molecule has 26 heavy (non-hydrogen) atoms. The van der Waals surface area contributed by atoms with Crippen LogP contribution >= 0.6 is 0 Å². The van der Waals surface area contributed by atoms with Crippen molar-refractivity contribution in [3.63, 3.8) is 0 Å². The molecule has 138 valence electrons. The largest absolute Gasteiger partial charge is 0.491 e. The second-order valence-electron chi connectivity index (χ2n) is 6.11. The molecule has 6 nitrogen and oxygen atoms in total. The van der Waals surface area contributed by atoms with Gasteiger partial charge in [0.05, 0.1) is 17.7 Å². The summed E-state index contributed by atoms with van der Waals surface area (Å²) in [6, 6.07) is 8.93. The maximum absolute atomic E-state index is 12.7. The van der Waals surface area contributed by atoms with Crippen molar-refractivity contribution in [1.29, 1.82) is 0 Å². The molecule has 2 aromatic carbocycles. The minimum Gasteiger partial charge on any atom is -0.491 e. The third-order valence-corrected chi connectivity index (χ3v) is 4.31. The van der Waals surface area contributed by atoms with Gasteiger partial charge in [-0.3, -0.25) is 9.59 Å². The van der Waals surface area contributed by atoms with E-state index in [-0.39, 0.29) is 11.8 Å². The predicted molar refractivity (Wildman–Crippen MR) is 99.3 cm³/mol. The van der Waals surface area contributed by atoms with Crippen molar-refractivity contribution >= 4 is 22.6 Å². The molecule has 0 spiro atoms. The number of hydrogen-bond acceptors (Lipinski definition) is 5. The van der Waals surface area contributed by atoms with Gasteiger partial charge >= 0.3 is 0 Å². The Kier molecular flexibility index (Phi) is 5.85. The molecule has 1 N–H and O–H groups in total. The van der Waals surface area contributed by atoms with Crippen LogP contribution < -0.4 is 10.2 Å². The van der Waals surface area contributed by atoms with E-state index < -0.39 is 0 Å². The quantitative estimate of drug-likeness (QED) is 0.552. The van der Waals surface area contributed by atoms with Crippen molar-refractivity contribution < 1.29 is 19.1 Å². The number of nitrogens with zero attached hydrogens (tertiary/aromatic N) is 1. The zero-order chi connectivity index (χ0) is 18.5. The number of ether oxygens (including phenoxy) is 2. The number of nitrogens with one attached hydrogen (secondary N) is 1. The van der Waals surface area contributed by atoms with Crippen molar-refractivity contribution in [1.82, 2.24) is 10.4 Å². The number of carbonyl (C=O) groups is 2. The number of hydrazine groups is 1. The van der Waals surface area contributed by atoms with Crippen LogP contribution in [0.5, 0.6) is 5.75 Å². The average Bonchev–Trinajstić information content (AvgIpc) is 2.66. The van der Waals surface area contributed by atoms with Gasteiger partial charge in [-0.15, -0.1) is 0 Å². The van der Waals surface area contributed by atoms with Crippen molar-refractivity contribution in [2.75, 3.05) is 26.4 Å². The van der Waals surface area contributed by atoms with E-state index in [1.165, 1.54) is 0 Å². The van der Waals surface area contributed by atoms with E-state index in [0.29, 0.717) is 42.0 Å². The molecular weight excluding hydrogens is 332 g/mol. The van der Waals surface area contributed by atoms with Gasteiger partial charge in [-0.1, -0.05) is 32.4 Å². The highest BCUT2D eigenvalue weighted by molar-refractivity contribution is 6.25. The molecule has 0 saturated heterocycles. The molecule has 0 unspecified atom stereocenters. The number of rotatable bonds is 9. The van der Waals surface area contributed by atoms with Crippen LogP contribution in [0.4, 0.5) is 0 Å². The lowest BCUT2D eigenvalue weighted by atomic mass is 9.94. The molecule has 0 saturated carbocycles. The van der Waals surface area contributed by atoms with Crippen LogP contribution in [0.25, 0.3) is 10.8 Å². The van der Waals surface area contributed by atoms with Gasteiger partial charge in [-0.25, -0.2) is 10.4 Å². The maximum Gasteiger partial charge on any atom is 0.275 e. The van der Waals surface area contributed by atoms with E-state index in [0.717, 1.165) is 29.8 Å². The van der Waals surface area contributed by atoms with E-state index in [1.807, 2.05) is 19.1 Å². The molecule has 1 heterocycles. The summed E-state index contributed by atoms with van der Waals surface area (Å²) in [5, 5.41) is 2.51. The number of imide groups is 1. The Bertz CT molecular complexity index is 797. The van der Waals surface area contributed by atoms with Crippen molar-refractivity contribution in [3.05, 3.63) is 41.5 Å². The zero-order valence-corrected chi connectivity index (χ0v) is 15.2. The fourth-order valence-corrected chi connectivity index (χ4v) is 3.06. The van der Waals surface area contributed by atoms with Crippen molar-refractivity contribution in [2.24, 2.45) is 0 Å². The monoisotopic (exact) mass is 356 g/mol. The molecule has 0 radical (unpaired) electrons. The smallest absolute Gasteiger partial charge is 0.275 e. The molecule has 0 aliphatic carbocycles. The number of carbonyl (C=O) groups excluding carboxylic acids is 2. The summed E-state index contributed by atoms with van der Waals surface area (Å²) in [6.45, 7) is 6.11. The molecule has 0 aromatic heterocycles. The van der Waals surface area contributed by atoms with Crippen molar-refractivity contribution in [3.8, 4) is 5.75 Å². The first kappa shape index (κ1) is 18.4. The summed E-state index contributed by atoms with van der Waals surface area (Å²) < 4.78 is 11.4. The fourth-order valence-electron chi connectivity index (χ4n) is 3.06. The topological polar surface area (TPSA) is 67.9 Å². The minimum atomic E-state index is -0.338. The van der Waals surface area contributed by atoms with Gasteiger partial charge < -0.3 is 9.47 Å². The highest BCUT2D eigenvalue weighted by atomic mass is 16.5. The summed E-state index contributed by atoms with van der Waals surface area (Å²) in [7, 11) is 0. The normalized spacial score (nSPS) is 13.5. The van der Waals surface area contributed by atoms with E-state index in [9.17, 15) is 9.59 Å². The molecule has 3 rings (SSSR count). The van der Waals surface area contributed by atoms with Gasteiger partial charge in [0.1, 0.15) is 12.4 Å². The lowest BCUT2D eigenvalue weighted by molar-refractivity contribution is 0.0525. The number of benzene rings is 2. The van der Waals surface area contributed by atoms with Crippen LogP contribution in [0.15, 0.2) is 30.3 Å². The first-order valence-corrected chi connectivity index (χ1v) is 9.07. The van der Waals surface area contributed by atoms with Gasteiger partial charge in [0.15, 0.2) is 0 Å². The van der Waals surface area contributed by atoms with Crippen LogP contribution in [0.1, 0.15) is 47.4 Å². The van der Waals surface area contributed by atoms with Gasteiger partial charge in [0.25, 0.3) is 11.8 Å². The first-order chi connectivity index (χ1) is 12.7. The minimum absolute atomic E-state index is 0.338. The molecule has 0 fully saturated rings. The second-order valence-corrected chi connectivity index (χ2v) is 6.11. The Labute approximate surface area is 153 Å². The molecule has 2 aromatic rings. The lowest BCUT2D eigenvalue weighted by Crippen LogP contribution is -2.49. The molecule has 6 heteroatoms. The standard InChI is InChI=1S/C20H24N2O4/c1-3-5-11-25-12-13-26-17-10-9-16-18-14(17)7-6-8-15(18)19(23)22(20(16)24)21-4-2/h6-10,21H,3-5,11-13H2,1-2H3. The zero-order valence-electron chi connectivity index (χ0n) is 15.2. The molecule has 2 amide bonds. The molecule has 0 atom stereocenters. The molecular formula is C20H24N2O4. The van der Waals surface area contributed by atoms with E-state index in [4.69, 9.17) is 9.47 Å². The van der Waals surface area contributed by atoms with Crippen LogP contribution in [0, 0.1) is 0 Å². The number of amides is 2. The van der Waals surface area contributed by atoms with Gasteiger partial charge in [-0.05, 0) is 24.6 Å². The van der Waals surface area contributed by atoms with Crippen LogP contribution in [-0.4, -0.2) is 43.2 Å². The molecule has 0 bridgehead atoms. The van der Waals surface area contributed by atoms with E-state index >= 15 is 0 Å². The number of hydrogen-bond donors (Lipinski definition) is 1. The Hall–Kier alpha value is -2.44. The first-order valence-electron chi connectivity index (χ1n) is 9.07. The summed E-state index contributed by atoms with van der Waals surface area (Å²) in [5.41, 5.74) is 3.83. The Balaban J connectivity index is 1.86. The van der Waals surface area contributed by atoms with Crippen LogP contribution in [-0.2, 0) is 4.74 Å². The van der Waals surface area contributed by atoms with Gasteiger partial charge in [-0.2, -0.15) is 0 Å². The predicted octanol–water partition coefficient (Wildman–Crippen LogP) is 3.16. The summed E-state index contributed by atoms with van der Waals surface area (Å²) >= 11 is 0. The average molecular weight is 356 g/mol. The van der Waals surface area contributed by atoms with E-state index in [1.54, 1.807) is 18.2 Å². The van der Waals surface area contributed by atoms with E-state index in [2.05, 4.69) is 12.3 Å². The van der Waals surface area contributed by atoms with Gasteiger partial charge in [0, 0.05) is 23.9 Å². The second kappa shape index (κ2) is 8.29. The third kappa shape index (κ3) is 3.43. The Morgan fingerprint density at radius 3 is 2.46 bits per heavy atom. The molecule has 1 aliphatic heterocycles. The van der Waals surface area contributed by atoms with Crippen LogP contribution in [0.3, 0.4) is 0 Å². The fraction of sp³-hybridized carbons (Fsp3) is 0.400. The highest BCUT2D eigenvalue weighted by Crippen LogP contribution is 2.35. The molecule has 1 aliphatic rings. The third-order valence-electron chi connectivity index (χ3n) is 4.31. The van der Waals surface area contributed by atoms with Crippen LogP contribution in [0.2, 0.25) is 0 Å².